The molecule has 106 valence electrons. The number of hydrogen-bond donors (Lipinski definition) is 0. The Bertz CT molecular complexity index is 442. The van der Waals surface area contributed by atoms with Crippen molar-refractivity contribution in [2.24, 2.45) is 5.41 Å². The summed E-state index contributed by atoms with van der Waals surface area (Å²) >= 11 is 3.69. The number of nitrogens with zero attached hydrogens (tertiary/aromatic N) is 1. The molecular formula is C15H22BrNO2. The number of halogens is 1. The van der Waals surface area contributed by atoms with Gasteiger partial charge in [-0.2, -0.15) is 0 Å². The monoisotopic (exact) mass is 327 g/mol. The minimum Gasteiger partial charge on any atom is -0.496 e. The molecule has 0 atom stereocenters. The lowest BCUT2D eigenvalue weighted by molar-refractivity contribution is 0.0264. The van der Waals surface area contributed by atoms with E-state index in [9.17, 15) is 0 Å². The van der Waals surface area contributed by atoms with Crippen LogP contribution in [-0.2, 0) is 11.2 Å². The predicted octanol–water partition coefficient (Wildman–Crippen LogP) is 3.44. The van der Waals surface area contributed by atoms with Crippen LogP contribution in [0, 0.1) is 19.3 Å². The normalized spacial score (nSPS) is 18.3. The highest BCUT2D eigenvalue weighted by atomic mass is 79.9. The summed E-state index contributed by atoms with van der Waals surface area (Å²) in [4.78, 5) is 4.63. The van der Waals surface area contributed by atoms with E-state index in [0.717, 1.165) is 54.8 Å². The summed E-state index contributed by atoms with van der Waals surface area (Å²) in [5, 5.41) is 1.00. The first-order valence-corrected chi connectivity index (χ1v) is 7.87. The Balaban J connectivity index is 2.27. The Labute approximate surface area is 123 Å². The second-order valence-corrected chi connectivity index (χ2v) is 6.03. The van der Waals surface area contributed by atoms with Crippen LogP contribution in [0.1, 0.15) is 29.7 Å². The Morgan fingerprint density at radius 1 is 1.37 bits per heavy atom. The first-order valence-electron chi connectivity index (χ1n) is 6.75. The van der Waals surface area contributed by atoms with Crippen LogP contribution >= 0.6 is 15.9 Å². The van der Waals surface area contributed by atoms with Gasteiger partial charge in [-0.05, 0) is 38.5 Å². The highest BCUT2D eigenvalue weighted by Gasteiger charge is 2.33. The van der Waals surface area contributed by atoms with Crippen molar-refractivity contribution in [3.8, 4) is 5.75 Å². The molecule has 0 spiro atoms. The molecule has 3 nitrogen and oxygen atoms in total. The maximum absolute atomic E-state index is 5.50. The van der Waals surface area contributed by atoms with Crippen molar-refractivity contribution >= 4 is 15.9 Å². The van der Waals surface area contributed by atoms with Gasteiger partial charge in [0.2, 0.25) is 0 Å². The van der Waals surface area contributed by atoms with Gasteiger partial charge >= 0.3 is 0 Å². The molecule has 0 bridgehead atoms. The highest BCUT2D eigenvalue weighted by molar-refractivity contribution is 9.09. The second-order valence-electron chi connectivity index (χ2n) is 5.47. The molecular weight excluding hydrogens is 306 g/mol. The standard InChI is InChI=1S/C15H22BrNO2/c1-11-9-17-13(12(2)14(11)18-3)8-15(10-16)4-6-19-7-5-15/h9H,4-8,10H2,1-3H3. The van der Waals surface area contributed by atoms with Crippen LogP contribution in [0.15, 0.2) is 6.20 Å². The van der Waals surface area contributed by atoms with Gasteiger partial charge in [-0.25, -0.2) is 0 Å². The van der Waals surface area contributed by atoms with Gasteiger partial charge in [0.1, 0.15) is 5.75 Å². The van der Waals surface area contributed by atoms with Gasteiger partial charge in [-0.1, -0.05) is 15.9 Å². The molecule has 1 fully saturated rings. The predicted molar refractivity (Wildman–Crippen MR) is 80.2 cm³/mol. The molecule has 1 saturated heterocycles. The summed E-state index contributed by atoms with van der Waals surface area (Å²) in [6.07, 6.45) is 5.09. The van der Waals surface area contributed by atoms with E-state index in [1.165, 1.54) is 5.56 Å². The van der Waals surface area contributed by atoms with Crippen molar-refractivity contribution in [1.82, 2.24) is 4.98 Å². The fourth-order valence-electron chi connectivity index (χ4n) is 2.77. The number of aryl methyl sites for hydroxylation is 1. The average Bonchev–Trinajstić information content (AvgIpc) is 2.44. The molecule has 2 rings (SSSR count). The molecule has 1 aliphatic rings. The summed E-state index contributed by atoms with van der Waals surface area (Å²) in [6, 6.07) is 0. The second kappa shape index (κ2) is 6.23. The zero-order valence-corrected chi connectivity index (χ0v) is 13.5. The topological polar surface area (TPSA) is 31.4 Å². The number of ether oxygens (including phenoxy) is 2. The SMILES string of the molecule is COc1c(C)cnc(CC2(CBr)CCOCC2)c1C. The molecule has 0 amide bonds. The summed E-state index contributed by atoms with van der Waals surface area (Å²) in [5.74, 6) is 0.974. The molecule has 4 heteroatoms. The van der Waals surface area contributed by atoms with Crippen molar-refractivity contribution in [2.45, 2.75) is 33.1 Å². The van der Waals surface area contributed by atoms with E-state index >= 15 is 0 Å². The number of pyridine rings is 1. The molecule has 0 aromatic carbocycles. The van der Waals surface area contributed by atoms with Crippen molar-refractivity contribution in [1.29, 1.82) is 0 Å². The Hall–Kier alpha value is -0.610. The molecule has 0 aliphatic carbocycles. The minimum absolute atomic E-state index is 0.274. The molecule has 0 unspecified atom stereocenters. The lowest BCUT2D eigenvalue weighted by atomic mass is 9.77. The zero-order valence-electron chi connectivity index (χ0n) is 12.0. The van der Waals surface area contributed by atoms with Crippen LogP contribution in [0.3, 0.4) is 0 Å². The van der Waals surface area contributed by atoms with Crippen molar-refractivity contribution in [2.75, 3.05) is 25.7 Å². The van der Waals surface area contributed by atoms with Gasteiger partial charge in [-0.15, -0.1) is 0 Å². The molecule has 2 heterocycles. The minimum atomic E-state index is 0.274. The molecule has 1 aliphatic heterocycles. The quantitative estimate of drug-likeness (QED) is 0.794. The van der Waals surface area contributed by atoms with Crippen LogP contribution in [0.4, 0.5) is 0 Å². The lowest BCUT2D eigenvalue weighted by Gasteiger charge is -2.36. The van der Waals surface area contributed by atoms with Crippen LogP contribution < -0.4 is 4.74 Å². The van der Waals surface area contributed by atoms with E-state index in [1.54, 1.807) is 7.11 Å². The van der Waals surface area contributed by atoms with Gasteiger partial charge in [-0.3, -0.25) is 4.98 Å². The van der Waals surface area contributed by atoms with Gasteiger partial charge < -0.3 is 9.47 Å². The highest BCUT2D eigenvalue weighted by Crippen LogP contribution is 2.37. The van der Waals surface area contributed by atoms with E-state index < -0.39 is 0 Å². The fourth-order valence-corrected chi connectivity index (χ4v) is 3.53. The zero-order chi connectivity index (χ0) is 13.9. The first kappa shape index (κ1) is 14.8. The third kappa shape index (κ3) is 3.11. The Morgan fingerprint density at radius 3 is 2.63 bits per heavy atom. The average molecular weight is 328 g/mol. The van der Waals surface area contributed by atoms with Crippen molar-refractivity contribution in [3.63, 3.8) is 0 Å². The summed E-state index contributed by atoms with van der Waals surface area (Å²) in [6.45, 7) is 5.86. The van der Waals surface area contributed by atoms with Crippen LogP contribution in [0.5, 0.6) is 5.75 Å². The fraction of sp³-hybridized carbons (Fsp3) is 0.667. The summed E-state index contributed by atoms with van der Waals surface area (Å²) in [7, 11) is 1.73. The number of methoxy groups -OCH3 is 1. The van der Waals surface area contributed by atoms with E-state index in [0.29, 0.717) is 0 Å². The largest absolute Gasteiger partial charge is 0.496 e. The number of aromatic nitrogens is 1. The molecule has 0 N–H and O–H groups in total. The third-order valence-corrected chi connectivity index (χ3v) is 5.32. The van der Waals surface area contributed by atoms with Gasteiger partial charge in [0.05, 0.1) is 7.11 Å². The first-order chi connectivity index (χ1) is 9.12. The Kier molecular flexibility index (Phi) is 4.85. The van der Waals surface area contributed by atoms with Crippen LogP contribution in [0.2, 0.25) is 0 Å². The number of alkyl halides is 1. The van der Waals surface area contributed by atoms with E-state index in [4.69, 9.17) is 9.47 Å². The summed E-state index contributed by atoms with van der Waals surface area (Å²) in [5.41, 5.74) is 3.71. The van der Waals surface area contributed by atoms with Gasteiger partial charge in [0.15, 0.2) is 0 Å². The number of hydrogen-bond acceptors (Lipinski definition) is 3. The molecule has 1 aromatic heterocycles. The third-order valence-electron chi connectivity index (χ3n) is 4.13. The van der Waals surface area contributed by atoms with Crippen LogP contribution in [0.25, 0.3) is 0 Å². The van der Waals surface area contributed by atoms with E-state index in [2.05, 4.69) is 27.8 Å². The smallest absolute Gasteiger partial charge is 0.128 e. The van der Waals surface area contributed by atoms with Crippen LogP contribution in [-0.4, -0.2) is 30.6 Å². The maximum atomic E-state index is 5.50. The molecule has 1 aromatic rings. The summed E-state index contributed by atoms with van der Waals surface area (Å²) < 4.78 is 11.0. The maximum Gasteiger partial charge on any atom is 0.128 e. The molecule has 0 saturated carbocycles. The number of rotatable bonds is 4. The van der Waals surface area contributed by atoms with E-state index in [-0.39, 0.29) is 5.41 Å². The van der Waals surface area contributed by atoms with Gasteiger partial charge in [0.25, 0.3) is 0 Å². The van der Waals surface area contributed by atoms with Gasteiger partial charge in [0, 0.05) is 41.6 Å². The molecule has 0 radical (unpaired) electrons. The lowest BCUT2D eigenvalue weighted by Crippen LogP contribution is -2.33. The van der Waals surface area contributed by atoms with Crippen molar-refractivity contribution in [3.05, 3.63) is 23.0 Å². The van der Waals surface area contributed by atoms with E-state index in [1.807, 2.05) is 13.1 Å². The van der Waals surface area contributed by atoms with Crippen molar-refractivity contribution < 1.29 is 9.47 Å². The molecule has 19 heavy (non-hydrogen) atoms. The Morgan fingerprint density at radius 2 is 2.05 bits per heavy atom.